The average molecular weight is 309 g/mol. The predicted octanol–water partition coefficient (Wildman–Crippen LogP) is 3.12. The van der Waals surface area contributed by atoms with Gasteiger partial charge in [0.2, 0.25) is 0 Å². The van der Waals surface area contributed by atoms with Crippen molar-refractivity contribution in [2.24, 2.45) is 0 Å². The molecule has 1 rings (SSSR count). The topological polar surface area (TPSA) is 46.5 Å². The highest BCUT2D eigenvalue weighted by Gasteiger charge is 2.13. The fraction of sp³-hybridized carbons (Fsp3) is 0.364. The lowest BCUT2D eigenvalue weighted by atomic mass is 9.99. The molecule has 94 valence electrons. The summed E-state index contributed by atoms with van der Waals surface area (Å²) in [4.78, 5) is 10.7. The molecule has 0 unspecified atom stereocenters. The minimum Gasteiger partial charge on any atom is -0.481 e. The van der Waals surface area contributed by atoms with Crippen LogP contribution in [0.5, 0.6) is 5.75 Å². The number of halogens is 3. The van der Waals surface area contributed by atoms with E-state index in [2.05, 4.69) is 20.7 Å². The van der Waals surface area contributed by atoms with E-state index >= 15 is 0 Å². The van der Waals surface area contributed by atoms with Crippen LogP contribution in [0.1, 0.15) is 16.7 Å². The molecule has 0 saturated carbocycles. The van der Waals surface area contributed by atoms with E-state index < -0.39 is 12.6 Å². The van der Waals surface area contributed by atoms with Crippen molar-refractivity contribution in [1.82, 2.24) is 0 Å². The Kier molecular flexibility index (Phi) is 4.86. The number of hydrogen-bond acceptors (Lipinski definition) is 2. The summed E-state index contributed by atoms with van der Waals surface area (Å²) < 4.78 is 28.4. The van der Waals surface area contributed by atoms with Gasteiger partial charge in [0.05, 0.1) is 6.42 Å². The maximum absolute atomic E-state index is 12.1. The molecule has 0 heterocycles. The van der Waals surface area contributed by atoms with Gasteiger partial charge >= 0.3 is 12.6 Å². The van der Waals surface area contributed by atoms with Gasteiger partial charge in [-0.15, -0.1) is 0 Å². The number of aliphatic carboxylic acids is 1. The predicted molar refractivity (Wildman–Crippen MR) is 61.8 cm³/mol. The minimum absolute atomic E-state index is 0.0427. The summed E-state index contributed by atoms with van der Waals surface area (Å²) in [5.74, 6) is -0.918. The second-order valence-corrected chi connectivity index (χ2v) is 4.02. The fourth-order valence-electron chi connectivity index (χ4n) is 1.55. The van der Waals surface area contributed by atoms with Crippen LogP contribution < -0.4 is 4.74 Å². The van der Waals surface area contributed by atoms with E-state index in [4.69, 9.17) is 5.11 Å². The molecule has 1 N–H and O–H groups in total. The Labute approximate surface area is 106 Å². The third-order valence-electron chi connectivity index (χ3n) is 2.24. The van der Waals surface area contributed by atoms with E-state index in [0.717, 1.165) is 0 Å². The van der Waals surface area contributed by atoms with E-state index in [9.17, 15) is 13.6 Å². The van der Waals surface area contributed by atoms with Crippen LogP contribution in [0.15, 0.2) is 12.1 Å². The first-order valence-electron chi connectivity index (χ1n) is 4.79. The Bertz CT molecular complexity index is 421. The molecule has 6 heteroatoms. The van der Waals surface area contributed by atoms with E-state index in [1.807, 2.05) is 0 Å². The summed E-state index contributed by atoms with van der Waals surface area (Å²) in [6, 6.07) is 2.84. The van der Waals surface area contributed by atoms with Gasteiger partial charge in [-0.05, 0) is 35.7 Å². The average Bonchev–Trinajstić information content (AvgIpc) is 2.20. The van der Waals surface area contributed by atoms with E-state index in [0.29, 0.717) is 22.0 Å². The van der Waals surface area contributed by atoms with Crippen molar-refractivity contribution >= 4 is 21.9 Å². The largest absolute Gasteiger partial charge is 0.481 e. The highest BCUT2D eigenvalue weighted by molar-refractivity contribution is 9.08. The van der Waals surface area contributed by atoms with Gasteiger partial charge < -0.3 is 9.84 Å². The van der Waals surface area contributed by atoms with Gasteiger partial charge in [-0.1, -0.05) is 15.9 Å². The lowest BCUT2D eigenvalue weighted by Crippen LogP contribution is -2.07. The van der Waals surface area contributed by atoms with Crippen LogP contribution in [0.3, 0.4) is 0 Å². The zero-order chi connectivity index (χ0) is 13.0. The number of alkyl halides is 3. The van der Waals surface area contributed by atoms with E-state index in [-0.39, 0.29) is 12.2 Å². The van der Waals surface area contributed by atoms with Crippen LogP contribution in [-0.4, -0.2) is 17.7 Å². The SMILES string of the molecule is Cc1cc(OC(F)F)cc(CBr)c1CC(=O)O. The van der Waals surface area contributed by atoms with Gasteiger partial charge in [-0.25, -0.2) is 0 Å². The Morgan fingerprint density at radius 3 is 2.65 bits per heavy atom. The summed E-state index contributed by atoms with van der Waals surface area (Å²) in [5.41, 5.74) is 1.89. The maximum Gasteiger partial charge on any atom is 0.387 e. The van der Waals surface area contributed by atoms with Crippen LogP contribution in [0, 0.1) is 6.92 Å². The smallest absolute Gasteiger partial charge is 0.387 e. The number of ether oxygens (including phenoxy) is 1. The van der Waals surface area contributed by atoms with Gasteiger partial charge in [0.25, 0.3) is 0 Å². The Morgan fingerprint density at radius 1 is 1.53 bits per heavy atom. The third kappa shape index (κ3) is 3.96. The van der Waals surface area contributed by atoms with Gasteiger partial charge in [-0.2, -0.15) is 8.78 Å². The van der Waals surface area contributed by atoms with Crippen LogP contribution in [0.2, 0.25) is 0 Å². The lowest BCUT2D eigenvalue weighted by molar-refractivity contribution is -0.136. The summed E-state index contributed by atoms with van der Waals surface area (Å²) in [5, 5.41) is 9.15. The molecule has 0 amide bonds. The molecule has 0 saturated heterocycles. The Balaban J connectivity index is 3.11. The summed E-state index contributed by atoms with van der Waals surface area (Å²) in [6.45, 7) is -1.22. The van der Waals surface area contributed by atoms with Crippen molar-refractivity contribution in [3.8, 4) is 5.75 Å². The highest BCUT2D eigenvalue weighted by Crippen LogP contribution is 2.26. The molecule has 3 nitrogen and oxygen atoms in total. The first kappa shape index (κ1) is 13.9. The molecule has 0 aliphatic carbocycles. The molecule has 0 atom stereocenters. The van der Waals surface area contributed by atoms with Gasteiger partial charge in [-0.3, -0.25) is 4.79 Å². The van der Waals surface area contributed by atoms with Crippen molar-refractivity contribution in [2.45, 2.75) is 25.3 Å². The van der Waals surface area contributed by atoms with Gasteiger partial charge in [0.1, 0.15) is 5.75 Å². The van der Waals surface area contributed by atoms with E-state index in [1.54, 1.807) is 6.92 Å². The molecule has 0 aliphatic rings. The number of rotatable bonds is 5. The second kappa shape index (κ2) is 5.95. The molecule has 0 spiro atoms. The van der Waals surface area contributed by atoms with E-state index in [1.165, 1.54) is 12.1 Å². The Morgan fingerprint density at radius 2 is 2.18 bits per heavy atom. The maximum atomic E-state index is 12.1. The number of carboxylic acid groups (broad SMARTS) is 1. The molecule has 0 fully saturated rings. The molecule has 0 aromatic heterocycles. The molecular weight excluding hydrogens is 298 g/mol. The first-order chi connectivity index (χ1) is 7.93. The van der Waals surface area contributed by atoms with Crippen molar-refractivity contribution in [2.75, 3.05) is 0 Å². The number of carboxylic acids is 1. The normalized spacial score (nSPS) is 10.6. The monoisotopic (exact) mass is 308 g/mol. The summed E-state index contributed by atoms with van der Waals surface area (Å²) in [7, 11) is 0. The van der Waals surface area contributed by atoms with Crippen molar-refractivity contribution in [3.63, 3.8) is 0 Å². The van der Waals surface area contributed by atoms with Crippen molar-refractivity contribution in [3.05, 3.63) is 28.8 Å². The van der Waals surface area contributed by atoms with Crippen LogP contribution in [0.25, 0.3) is 0 Å². The molecule has 1 aromatic carbocycles. The molecule has 0 aliphatic heterocycles. The molecular formula is C11H11BrF2O3. The third-order valence-corrected chi connectivity index (χ3v) is 2.84. The molecule has 0 bridgehead atoms. The zero-order valence-corrected chi connectivity index (χ0v) is 10.6. The number of hydrogen-bond donors (Lipinski definition) is 1. The second-order valence-electron chi connectivity index (χ2n) is 3.46. The molecule has 17 heavy (non-hydrogen) atoms. The standard InChI is InChI=1S/C11H11BrF2O3/c1-6-2-8(17-11(13)14)3-7(5-12)9(6)4-10(15)16/h2-3,11H,4-5H2,1H3,(H,15,16). The minimum atomic E-state index is -2.89. The zero-order valence-electron chi connectivity index (χ0n) is 9.04. The molecule has 1 aromatic rings. The van der Waals surface area contributed by atoms with Crippen LogP contribution >= 0.6 is 15.9 Å². The summed E-state index contributed by atoms with van der Waals surface area (Å²) in [6.07, 6.45) is -0.137. The highest BCUT2D eigenvalue weighted by atomic mass is 79.9. The van der Waals surface area contributed by atoms with Gasteiger partial charge in [0, 0.05) is 5.33 Å². The number of aryl methyl sites for hydroxylation is 1. The lowest BCUT2D eigenvalue weighted by Gasteiger charge is -2.12. The fourth-order valence-corrected chi connectivity index (χ4v) is 2.05. The first-order valence-corrected chi connectivity index (χ1v) is 5.91. The number of benzene rings is 1. The summed E-state index contributed by atoms with van der Waals surface area (Å²) >= 11 is 3.20. The van der Waals surface area contributed by atoms with Gasteiger partial charge in [0.15, 0.2) is 0 Å². The Hall–Kier alpha value is -1.17. The molecule has 0 radical (unpaired) electrons. The quantitative estimate of drug-likeness (QED) is 0.850. The number of carbonyl (C=O) groups is 1. The van der Waals surface area contributed by atoms with Crippen LogP contribution in [-0.2, 0) is 16.5 Å². The van der Waals surface area contributed by atoms with Crippen molar-refractivity contribution < 1.29 is 23.4 Å². The van der Waals surface area contributed by atoms with Crippen molar-refractivity contribution in [1.29, 1.82) is 0 Å². The van der Waals surface area contributed by atoms with Crippen LogP contribution in [0.4, 0.5) is 8.78 Å².